The second kappa shape index (κ2) is 5.61. The first-order valence-electron chi connectivity index (χ1n) is 5.25. The topological polar surface area (TPSA) is 115 Å². The number of carboxylic acid groups (broad SMARTS) is 2. The van der Waals surface area contributed by atoms with Crippen LogP contribution in [0.3, 0.4) is 0 Å². The molecule has 2 unspecified atom stereocenters. The Morgan fingerprint density at radius 2 is 1.83 bits per heavy atom. The van der Waals surface area contributed by atoms with Crippen molar-refractivity contribution in [1.82, 2.24) is 0 Å². The summed E-state index contributed by atoms with van der Waals surface area (Å²) in [6, 6.07) is 4.45. The van der Waals surface area contributed by atoms with Crippen LogP contribution in [0.25, 0.3) is 0 Å². The van der Waals surface area contributed by atoms with Crippen molar-refractivity contribution in [2.45, 2.75) is 25.6 Å². The molecule has 2 atom stereocenters. The Kier molecular flexibility index (Phi) is 4.41. The van der Waals surface area contributed by atoms with Gasteiger partial charge in [-0.25, -0.2) is 4.79 Å². The van der Waals surface area contributed by atoms with E-state index in [1.165, 1.54) is 12.1 Å². The predicted molar refractivity (Wildman–Crippen MR) is 61.4 cm³/mol. The highest BCUT2D eigenvalue weighted by molar-refractivity contribution is 5.91. The van der Waals surface area contributed by atoms with Crippen molar-refractivity contribution < 1.29 is 30.0 Å². The van der Waals surface area contributed by atoms with Crippen molar-refractivity contribution in [3.05, 3.63) is 34.9 Å². The summed E-state index contributed by atoms with van der Waals surface area (Å²) in [7, 11) is 0. The van der Waals surface area contributed by atoms with Gasteiger partial charge in [-0.2, -0.15) is 0 Å². The van der Waals surface area contributed by atoms with Gasteiger partial charge in [0, 0.05) is 0 Å². The fraction of sp³-hybridized carbons (Fsp3) is 0.333. The van der Waals surface area contributed by atoms with Gasteiger partial charge in [-0.15, -0.1) is 0 Å². The molecule has 0 aliphatic rings. The van der Waals surface area contributed by atoms with Gasteiger partial charge < -0.3 is 20.4 Å². The highest BCUT2D eigenvalue weighted by Crippen LogP contribution is 2.25. The monoisotopic (exact) mass is 254 g/mol. The lowest BCUT2D eigenvalue weighted by molar-refractivity contribution is -0.141. The molecule has 18 heavy (non-hydrogen) atoms. The number of benzene rings is 1. The smallest absolute Gasteiger partial charge is 0.336 e. The Hall–Kier alpha value is -1.92. The van der Waals surface area contributed by atoms with Gasteiger partial charge in [-0.3, -0.25) is 4.79 Å². The maximum atomic E-state index is 11.1. The molecule has 0 radical (unpaired) electrons. The van der Waals surface area contributed by atoms with E-state index >= 15 is 0 Å². The van der Waals surface area contributed by atoms with Crippen LogP contribution in [0.1, 0.15) is 34.0 Å². The molecule has 0 amide bonds. The van der Waals surface area contributed by atoms with E-state index in [0.717, 1.165) is 0 Å². The average molecular weight is 254 g/mol. The highest BCUT2D eigenvalue weighted by Gasteiger charge is 2.26. The molecule has 0 fully saturated rings. The van der Waals surface area contributed by atoms with E-state index in [9.17, 15) is 19.8 Å². The van der Waals surface area contributed by atoms with Gasteiger partial charge in [0.2, 0.25) is 0 Å². The average Bonchev–Trinajstić information content (AvgIpc) is 2.26. The van der Waals surface area contributed by atoms with E-state index < -0.39 is 30.6 Å². The van der Waals surface area contributed by atoms with Crippen LogP contribution >= 0.6 is 0 Å². The molecular formula is C12H14O6. The minimum absolute atomic E-state index is 0.0104. The lowest BCUT2D eigenvalue weighted by Gasteiger charge is -2.19. The molecule has 6 nitrogen and oxygen atoms in total. The molecule has 1 rings (SSSR count). The number of rotatable bonds is 5. The van der Waals surface area contributed by atoms with Crippen LogP contribution < -0.4 is 0 Å². The molecule has 4 N–H and O–H groups in total. The molecule has 0 bridgehead atoms. The van der Waals surface area contributed by atoms with Gasteiger partial charge in [0.15, 0.2) is 0 Å². The van der Waals surface area contributed by atoms with Gasteiger partial charge in [0.1, 0.15) is 6.10 Å². The zero-order valence-electron chi connectivity index (χ0n) is 9.70. The molecule has 0 saturated carbocycles. The van der Waals surface area contributed by atoms with Crippen LogP contribution in [0, 0.1) is 6.92 Å². The van der Waals surface area contributed by atoms with Crippen molar-refractivity contribution in [2.24, 2.45) is 0 Å². The minimum Gasteiger partial charge on any atom is -0.481 e. The van der Waals surface area contributed by atoms with E-state index in [1.807, 2.05) is 0 Å². The number of hydrogen-bond donors (Lipinski definition) is 4. The molecule has 6 heteroatoms. The van der Waals surface area contributed by atoms with Crippen LogP contribution in [0.15, 0.2) is 18.2 Å². The van der Waals surface area contributed by atoms with Gasteiger partial charge in [0.25, 0.3) is 0 Å². The highest BCUT2D eigenvalue weighted by atomic mass is 16.4. The first kappa shape index (κ1) is 14.1. The third kappa shape index (κ3) is 3.06. The third-order valence-corrected chi connectivity index (χ3v) is 2.59. The van der Waals surface area contributed by atoms with Crippen LogP contribution in [-0.2, 0) is 4.79 Å². The molecule has 0 aliphatic heterocycles. The largest absolute Gasteiger partial charge is 0.481 e. The number of aliphatic carboxylic acids is 1. The zero-order chi connectivity index (χ0) is 13.9. The standard InChI is InChI=1S/C12H14O6/c1-6-3-2-4-7(10(6)12(17)18)11(16)8(13)5-9(14)15/h2-4,8,11,13,16H,5H2,1H3,(H,14,15)(H,17,18). The molecule has 0 aliphatic carbocycles. The first-order valence-corrected chi connectivity index (χ1v) is 5.25. The second-order valence-electron chi connectivity index (χ2n) is 3.95. The van der Waals surface area contributed by atoms with E-state index in [1.54, 1.807) is 13.0 Å². The summed E-state index contributed by atoms with van der Waals surface area (Å²) in [5, 5.41) is 36.9. The molecule has 0 heterocycles. The zero-order valence-corrected chi connectivity index (χ0v) is 9.70. The van der Waals surface area contributed by atoms with Crippen molar-refractivity contribution in [3.63, 3.8) is 0 Å². The van der Waals surface area contributed by atoms with Crippen LogP contribution in [0.2, 0.25) is 0 Å². The lowest BCUT2D eigenvalue weighted by Crippen LogP contribution is -2.23. The summed E-state index contributed by atoms with van der Waals surface area (Å²) in [5.74, 6) is -2.50. The molecule has 0 spiro atoms. The number of aliphatic hydroxyl groups is 2. The molecule has 98 valence electrons. The van der Waals surface area contributed by atoms with Crippen molar-refractivity contribution >= 4 is 11.9 Å². The Morgan fingerprint density at radius 1 is 1.22 bits per heavy atom. The van der Waals surface area contributed by atoms with E-state index in [-0.39, 0.29) is 11.1 Å². The van der Waals surface area contributed by atoms with Crippen LogP contribution in [0.5, 0.6) is 0 Å². The van der Waals surface area contributed by atoms with Gasteiger partial charge in [-0.05, 0) is 18.1 Å². The summed E-state index contributed by atoms with van der Waals surface area (Å²) in [5.41, 5.74) is 0.326. The molecule has 1 aromatic rings. The molecule has 1 aromatic carbocycles. The number of aryl methyl sites for hydroxylation is 1. The Morgan fingerprint density at radius 3 is 2.33 bits per heavy atom. The molecular weight excluding hydrogens is 240 g/mol. The summed E-state index contributed by atoms with van der Waals surface area (Å²) < 4.78 is 0. The number of aromatic carboxylic acids is 1. The SMILES string of the molecule is Cc1cccc(C(O)C(O)CC(=O)O)c1C(=O)O. The molecule has 0 aromatic heterocycles. The molecule has 0 saturated heterocycles. The lowest BCUT2D eigenvalue weighted by atomic mass is 9.94. The van der Waals surface area contributed by atoms with Crippen molar-refractivity contribution in [1.29, 1.82) is 0 Å². The number of carboxylic acids is 2. The Labute approximate surface area is 103 Å². The number of hydrogen-bond acceptors (Lipinski definition) is 4. The van der Waals surface area contributed by atoms with Gasteiger partial charge in [-0.1, -0.05) is 18.2 Å². The Bertz CT molecular complexity index is 468. The van der Waals surface area contributed by atoms with Crippen molar-refractivity contribution in [3.8, 4) is 0 Å². The quantitative estimate of drug-likeness (QED) is 0.610. The fourth-order valence-electron chi connectivity index (χ4n) is 1.73. The van der Waals surface area contributed by atoms with Crippen LogP contribution in [0.4, 0.5) is 0 Å². The second-order valence-corrected chi connectivity index (χ2v) is 3.95. The van der Waals surface area contributed by atoms with Gasteiger partial charge >= 0.3 is 11.9 Å². The van der Waals surface area contributed by atoms with E-state index in [4.69, 9.17) is 10.2 Å². The summed E-state index contributed by atoms with van der Waals surface area (Å²) in [4.78, 5) is 21.5. The van der Waals surface area contributed by atoms with E-state index in [2.05, 4.69) is 0 Å². The van der Waals surface area contributed by atoms with E-state index in [0.29, 0.717) is 5.56 Å². The maximum absolute atomic E-state index is 11.1. The minimum atomic E-state index is -1.55. The number of carbonyl (C=O) groups is 2. The van der Waals surface area contributed by atoms with Gasteiger partial charge in [0.05, 0.1) is 18.1 Å². The fourth-order valence-corrected chi connectivity index (χ4v) is 1.73. The Balaban J connectivity index is 3.12. The number of aliphatic hydroxyl groups excluding tert-OH is 2. The maximum Gasteiger partial charge on any atom is 0.336 e. The summed E-state index contributed by atoms with van der Waals surface area (Å²) in [6.45, 7) is 1.56. The third-order valence-electron chi connectivity index (χ3n) is 2.59. The predicted octanol–water partition coefficient (Wildman–Crippen LogP) is 0.562. The summed E-state index contributed by atoms with van der Waals surface area (Å²) in [6.07, 6.45) is -3.76. The normalized spacial score (nSPS) is 13.9. The van der Waals surface area contributed by atoms with Crippen molar-refractivity contribution in [2.75, 3.05) is 0 Å². The van der Waals surface area contributed by atoms with Crippen LogP contribution in [-0.4, -0.2) is 38.5 Å². The first-order chi connectivity index (χ1) is 8.34. The summed E-state index contributed by atoms with van der Waals surface area (Å²) >= 11 is 0.